The molecule has 0 unspecified atom stereocenters. The summed E-state index contributed by atoms with van der Waals surface area (Å²) < 4.78 is 0. The Bertz CT molecular complexity index is 194. The second kappa shape index (κ2) is 4.11. The van der Waals surface area contributed by atoms with Gasteiger partial charge in [-0.1, -0.05) is 24.3 Å². The van der Waals surface area contributed by atoms with E-state index in [1.165, 1.54) is 5.56 Å². The molecule has 0 bridgehead atoms. The van der Waals surface area contributed by atoms with Gasteiger partial charge in [-0.25, -0.2) is 0 Å². The number of hydrogen-bond donors (Lipinski definition) is 1. The van der Waals surface area contributed by atoms with Crippen LogP contribution in [0.1, 0.15) is 5.56 Å². The summed E-state index contributed by atoms with van der Waals surface area (Å²) in [6, 6.07) is 10.9. The highest BCUT2D eigenvalue weighted by atomic mass is 15.5. The van der Waals surface area contributed by atoms with Gasteiger partial charge in [0.25, 0.3) is 0 Å². The van der Waals surface area contributed by atoms with E-state index in [0.717, 1.165) is 6.54 Å². The van der Waals surface area contributed by atoms with Crippen LogP contribution in [0.15, 0.2) is 24.3 Å². The van der Waals surface area contributed by atoms with Crippen LogP contribution < -0.4 is 5.43 Å². The smallest absolute Gasteiger partial charge is 0.0353 e. The maximum Gasteiger partial charge on any atom is 0.0353 e. The lowest BCUT2D eigenvalue weighted by atomic mass is 10.2. The molecule has 0 aliphatic rings. The van der Waals surface area contributed by atoms with Crippen molar-refractivity contribution in [2.24, 2.45) is 0 Å². The summed E-state index contributed by atoms with van der Waals surface area (Å²) in [5.74, 6) is 0. The molecule has 0 spiro atoms. The summed E-state index contributed by atoms with van der Waals surface area (Å²) in [5.41, 5.74) is 4.46. The van der Waals surface area contributed by atoms with Gasteiger partial charge in [0.1, 0.15) is 0 Å². The number of nitrogens with zero attached hydrogens (tertiary/aromatic N) is 1. The summed E-state index contributed by atoms with van der Waals surface area (Å²) >= 11 is 0. The van der Waals surface area contributed by atoms with Crippen molar-refractivity contribution in [2.45, 2.75) is 6.54 Å². The van der Waals surface area contributed by atoms with E-state index in [2.05, 4.69) is 23.6 Å². The van der Waals surface area contributed by atoms with Gasteiger partial charge in [-0.3, -0.25) is 10.4 Å². The monoisotopic (exact) mass is 149 g/mol. The largest absolute Gasteiger partial charge is 0.251 e. The molecule has 1 radical (unpaired) electrons. The van der Waals surface area contributed by atoms with Gasteiger partial charge in [0, 0.05) is 20.6 Å². The summed E-state index contributed by atoms with van der Waals surface area (Å²) in [4.78, 5) is 0. The zero-order chi connectivity index (χ0) is 8.10. The van der Waals surface area contributed by atoms with E-state index < -0.39 is 0 Å². The van der Waals surface area contributed by atoms with Crippen LogP contribution in [-0.2, 0) is 6.54 Å². The first-order valence-electron chi connectivity index (χ1n) is 3.65. The second-order valence-corrected chi connectivity index (χ2v) is 2.64. The van der Waals surface area contributed by atoms with Crippen LogP contribution in [0.5, 0.6) is 0 Å². The third-order valence-electron chi connectivity index (χ3n) is 1.39. The Morgan fingerprint density at radius 3 is 2.55 bits per heavy atom. The summed E-state index contributed by atoms with van der Waals surface area (Å²) in [6.45, 7) is 0.877. The van der Waals surface area contributed by atoms with E-state index in [0.29, 0.717) is 0 Å². The summed E-state index contributed by atoms with van der Waals surface area (Å²) in [5, 5.41) is 1.94. The van der Waals surface area contributed by atoms with Crippen molar-refractivity contribution in [3.8, 4) is 0 Å². The lowest BCUT2D eigenvalue weighted by molar-refractivity contribution is 0.286. The molecule has 1 N–H and O–H groups in total. The standard InChI is InChI=1S/C9H13N2/c1-11(2)10-8-9-6-4-3-5-7-9/h4-7,10H,8H2,1-2H3. The molecule has 1 aromatic carbocycles. The minimum absolute atomic E-state index is 0.877. The van der Waals surface area contributed by atoms with Crippen LogP contribution in [-0.4, -0.2) is 19.1 Å². The third-order valence-corrected chi connectivity index (χ3v) is 1.39. The molecule has 0 saturated heterocycles. The minimum Gasteiger partial charge on any atom is -0.251 e. The SMILES string of the molecule is CN(C)NCc1cc[c]cc1. The van der Waals surface area contributed by atoms with Gasteiger partial charge < -0.3 is 0 Å². The van der Waals surface area contributed by atoms with E-state index in [-0.39, 0.29) is 0 Å². The number of hydrogen-bond acceptors (Lipinski definition) is 2. The van der Waals surface area contributed by atoms with Gasteiger partial charge in [-0.15, -0.1) is 0 Å². The van der Waals surface area contributed by atoms with Crippen molar-refractivity contribution >= 4 is 0 Å². The van der Waals surface area contributed by atoms with Crippen molar-refractivity contribution in [3.63, 3.8) is 0 Å². The van der Waals surface area contributed by atoms with Gasteiger partial charge in [0.05, 0.1) is 0 Å². The number of nitrogens with one attached hydrogen (secondary N) is 1. The zero-order valence-electron chi connectivity index (χ0n) is 6.96. The molecule has 2 heteroatoms. The van der Waals surface area contributed by atoms with Gasteiger partial charge in [0.15, 0.2) is 0 Å². The van der Waals surface area contributed by atoms with E-state index >= 15 is 0 Å². The normalized spacial score (nSPS) is 10.5. The topological polar surface area (TPSA) is 15.3 Å². The van der Waals surface area contributed by atoms with Crippen LogP contribution >= 0.6 is 0 Å². The van der Waals surface area contributed by atoms with Crippen LogP contribution in [0, 0.1) is 6.07 Å². The average molecular weight is 149 g/mol. The lowest BCUT2D eigenvalue weighted by Crippen LogP contribution is -2.29. The van der Waals surface area contributed by atoms with E-state index in [1.54, 1.807) is 0 Å². The fourth-order valence-corrected chi connectivity index (χ4v) is 0.789. The Kier molecular flexibility index (Phi) is 3.08. The fraction of sp³-hybridized carbons (Fsp3) is 0.333. The van der Waals surface area contributed by atoms with Crippen LogP contribution in [0.2, 0.25) is 0 Å². The van der Waals surface area contributed by atoms with Crippen molar-refractivity contribution in [1.29, 1.82) is 0 Å². The molecule has 0 aliphatic heterocycles. The van der Waals surface area contributed by atoms with E-state index in [1.807, 2.05) is 31.2 Å². The first-order valence-corrected chi connectivity index (χ1v) is 3.65. The molecule has 59 valence electrons. The van der Waals surface area contributed by atoms with Crippen molar-refractivity contribution in [2.75, 3.05) is 14.1 Å². The molecule has 0 amide bonds. The highest BCUT2D eigenvalue weighted by Gasteiger charge is 1.89. The number of rotatable bonds is 3. The quantitative estimate of drug-likeness (QED) is 0.646. The van der Waals surface area contributed by atoms with Crippen molar-refractivity contribution in [3.05, 3.63) is 35.9 Å². The third kappa shape index (κ3) is 3.16. The van der Waals surface area contributed by atoms with Crippen LogP contribution in [0.3, 0.4) is 0 Å². The highest BCUT2D eigenvalue weighted by molar-refractivity contribution is 5.13. The molecule has 0 atom stereocenters. The molecule has 11 heavy (non-hydrogen) atoms. The highest BCUT2D eigenvalue weighted by Crippen LogP contribution is 1.96. The molecule has 0 aromatic heterocycles. The van der Waals surface area contributed by atoms with Gasteiger partial charge >= 0.3 is 0 Å². The Morgan fingerprint density at radius 2 is 2.00 bits per heavy atom. The molecule has 0 aliphatic carbocycles. The summed E-state index contributed by atoms with van der Waals surface area (Å²) in [6.07, 6.45) is 0. The van der Waals surface area contributed by atoms with Crippen LogP contribution in [0.4, 0.5) is 0 Å². The Balaban J connectivity index is 2.39. The molecule has 0 fully saturated rings. The first kappa shape index (κ1) is 8.24. The predicted molar refractivity (Wildman–Crippen MR) is 45.8 cm³/mol. The van der Waals surface area contributed by atoms with Crippen molar-refractivity contribution in [1.82, 2.24) is 10.4 Å². The van der Waals surface area contributed by atoms with Gasteiger partial charge in [-0.2, -0.15) is 0 Å². The van der Waals surface area contributed by atoms with Gasteiger partial charge in [0.2, 0.25) is 0 Å². The minimum atomic E-state index is 0.877. The van der Waals surface area contributed by atoms with Crippen LogP contribution in [0.25, 0.3) is 0 Å². The molecule has 2 nitrogen and oxygen atoms in total. The molecule has 0 saturated carbocycles. The first-order chi connectivity index (χ1) is 5.29. The fourth-order valence-electron chi connectivity index (χ4n) is 0.789. The molecular formula is C9H13N2. The van der Waals surface area contributed by atoms with E-state index in [9.17, 15) is 0 Å². The van der Waals surface area contributed by atoms with E-state index in [4.69, 9.17) is 0 Å². The second-order valence-electron chi connectivity index (χ2n) is 2.64. The molecular weight excluding hydrogens is 136 g/mol. The summed E-state index contributed by atoms with van der Waals surface area (Å²) in [7, 11) is 3.96. The zero-order valence-corrected chi connectivity index (χ0v) is 6.96. The average Bonchev–Trinajstić information content (AvgIpc) is 2.03. The Labute approximate surface area is 67.8 Å². The maximum atomic E-state index is 3.18. The molecule has 1 rings (SSSR count). The van der Waals surface area contributed by atoms with Crippen molar-refractivity contribution < 1.29 is 0 Å². The number of benzene rings is 1. The predicted octanol–water partition coefficient (Wildman–Crippen LogP) is 1.05. The number of hydrazine groups is 1. The lowest BCUT2D eigenvalue weighted by Gasteiger charge is -2.11. The molecule has 0 heterocycles. The Hall–Kier alpha value is -0.860. The Morgan fingerprint density at radius 1 is 1.36 bits per heavy atom. The van der Waals surface area contributed by atoms with Gasteiger partial charge in [-0.05, 0) is 11.6 Å². The maximum absolute atomic E-state index is 3.18. The molecule has 1 aromatic rings.